The van der Waals surface area contributed by atoms with Gasteiger partial charge in [-0.15, -0.1) is 11.3 Å². The van der Waals surface area contributed by atoms with E-state index in [9.17, 15) is 4.79 Å². The number of fused-ring (bicyclic) bond motifs is 3. The first-order valence-electron chi connectivity index (χ1n) is 11.1. The monoisotopic (exact) mass is 471 g/mol. The van der Waals surface area contributed by atoms with Gasteiger partial charge in [-0.25, -0.2) is 9.97 Å². The Balaban J connectivity index is 1.60. The second-order valence-corrected chi connectivity index (χ2v) is 10.5. The second kappa shape index (κ2) is 9.12. The number of thioether (sulfide) groups is 1. The van der Waals surface area contributed by atoms with Gasteiger partial charge in [0, 0.05) is 17.3 Å². The summed E-state index contributed by atoms with van der Waals surface area (Å²) in [5.74, 6) is 1.24. The van der Waals surface area contributed by atoms with Gasteiger partial charge in [-0.05, 0) is 47.2 Å². The zero-order valence-corrected chi connectivity index (χ0v) is 20.5. The fourth-order valence-electron chi connectivity index (χ4n) is 3.90. The number of hydrogen-bond donors (Lipinski definition) is 0. The largest absolute Gasteiger partial charge is 0.282 e. The predicted octanol–water partition coefficient (Wildman–Crippen LogP) is 6.78. The lowest BCUT2D eigenvalue weighted by molar-refractivity contribution is 0.659. The summed E-state index contributed by atoms with van der Waals surface area (Å²) in [5.41, 5.74) is 5.65. The third kappa shape index (κ3) is 4.33. The molecule has 0 amide bonds. The van der Waals surface area contributed by atoms with Crippen LogP contribution in [0.4, 0.5) is 0 Å². The number of aryl methyl sites for hydroxylation is 1. The third-order valence-corrected chi connectivity index (χ3v) is 8.04. The minimum Gasteiger partial charge on any atom is -0.282 e. The van der Waals surface area contributed by atoms with Gasteiger partial charge in [-0.1, -0.05) is 74.1 Å². The predicted molar refractivity (Wildman–Crippen MR) is 140 cm³/mol. The Kier molecular flexibility index (Phi) is 6.04. The quantitative estimate of drug-likeness (QED) is 0.202. The normalized spacial score (nSPS) is 11.6. The maximum absolute atomic E-state index is 13.7. The van der Waals surface area contributed by atoms with E-state index in [2.05, 4.69) is 74.3 Å². The van der Waals surface area contributed by atoms with Crippen LogP contribution in [0.15, 0.2) is 76.8 Å². The summed E-state index contributed by atoms with van der Waals surface area (Å²) in [6.07, 6.45) is 1.76. The first-order valence-corrected chi connectivity index (χ1v) is 12.9. The number of aromatic nitrogens is 3. The molecular weight excluding hydrogens is 446 g/mol. The molecule has 0 fully saturated rings. The van der Waals surface area contributed by atoms with Crippen LogP contribution in [0.1, 0.15) is 42.0 Å². The van der Waals surface area contributed by atoms with Crippen molar-refractivity contribution in [2.24, 2.45) is 0 Å². The van der Waals surface area contributed by atoms with Crippen molar-refractivity contribution in [3.05, 3.63) is 99.5 Å². The van der Waals surface area contributed by atoms with E-state index in [-0.39, 0.29) is 5.56 Å². The highest BCUT2D eigenvalue weighted by atomic mass is 32.2. The van der Waals surface area contributed by atoms with Gasteiger partial charge in [0.1, 0.15) is 9.53 Å². The van der Waals surface area contributed by atoms with Gasteiger partial charge in [0.2, 0.25) is 0 Å². The van der Waals surface area contributed by atoms with E-state index in [1.165, 1.54) is 28.0 Å². The van der Waals surface area contributed by atoms with E-state index in [0.29, 0.717) is 17.2 Å². The zero-order chi connectivity index (χ0) is 22.9. The fourth-order valence-corrected chi connectivity index (χ4v) is 5.99. The molecule has 0 saturated heterocycles. The maximum Gasteiger partial charge on any atom is 0.272 e. The molecule has 0 aliphatic heterocycles. The molecule has 2 aromatic carbocycles. The lowest BCUT2D eigenvalue weighted by Crippen LogP contribution is -2.23. The van der Waals surface area contributed by atoms with Crippen LogP contribution >= 0.6 is 23.1 Å². The molecule has 0 spiro atoms. The van der Waals surface area contributed by atoms with Crippen molar-refractivity contribution in [1.82, 2.24) is 14.5 Å². The first-order chi connectivity index (χ1) is 16.0. The van der Waals surface area contributed by atoms with E-state index < -0.39 is 0 Å². The van der Waals surface area contributed by atoms with Crippen LogP contribution in [0.25, 0.3) is 20.4 Å². The van der Waals surface area contributed by atoms with Crippen molar-refractivity contribution in [2.45, 2.75) is 44.1 Å². The molecule has 0 unspecified atom stereocenters. The van der Waals surface area contributed by atoms with Crippen LogP contribution in [-0.2, 0) is 12.3 Å². The van der Waals surface area contributed by atoms with E-state index in [4.69, 9.17) is 4.98 Å². The first kappa shape index (κ1) is 21.9. The molecule has 0 radical (unpaired) electrons. The lowest BCUT2D eigenvalue weighted by atomic mass is 10.0. The van der Waals surface area contributed by atoms with Crippen LogP contribution in [0.2, 0.25) is 0 Å². The van der Waals surface area contributed by atoms with Crippen molar-refractivity contribution in [3.8, 4) is 0 Å². The summed E-state index contributed by atoms with van der Waals surface area (Å²) in [7, 11) is 0. The molecule has 3 heterocycles. The van der Waals surface area contributed by atoms with Crippen molar-refractivity contribution in [3.63, 3.8) is 0 Å². The molecule has 0 aliphatic rings. The zero-order valence-electron chi connectivity index (χ0n) is 18.9. The standard InChI is InChI=1S/C27H25N3OS2/c1-17(2)20-12-10-19(11-13-20)15-30-26(31)24-23(22-9-6-14-28-25(22)33-24)29-27(30)32-16-21-8-5-4-7-18(21)3/h4-14,17H,15-16H2,1-3H3. The summed E-state index contributed by atoms with van der Waals surface area (Å²) in [6, 6.07) is 20.8. The maximum atomic E-state index is 13.7. The van der Waals surface area contributed by atoms with E-state index in [1.807, 2.05) is 16.7 Å². The molecule has 0 N–H and O–H groups in total. The Morgan fingerprint density at radius 2 is 1.82 bits per heavy atom. The van der Waals surface area contributed by atoms with Crippen LogP contribution in [0.3, 0.4) is 0 Å². The average molecular weight is 472 g/mol. The van der Waals surface area contributed by atoms with Gasteiger partial charge < -0.3 is 0 Å². The SMILES string of the molecule is Cc1ccccc1CSc1nc2c(sc3ncccc32)c(=O)n1Cc1ccc(C(C)C)cc1. The number of benzene rings is 2. The van der Waals surface area contributed by atoms with Crippen molar-refractivity contribution >= 4 is 43.5 Å². The Morgan fingerprint density at radius 3 is 2.58 bits per heavy atom. The molecular formula is C27H25N3OS2. The fraction of sp³-hybridized carbons (Fsp3) is 0.222. The van der Waals surface area contributed by atoms with Gasteiger partial charge in [-0.2, -0.15) is 0 Å². The Morgan fingerprint density at radius 1 is 1.03 bits per heavy atom. The molecule has 33 heavy (non-hydrogen) atoms. The highest BCUT2D eigenvalue weighted by Gasteiger charge is 2.17. The molecule has 0 bridgehead atoms. The number of nitrogens with zero attached hydrogens (tertiary/aromatic N) is 3. The molecule has 4 nitrogen and oxygen atoms in total. The second-order valence-electron chi connectivity index (χ2n) is 8.53. The molecule has 5 aromatic rings. The van der Waals surface area contributed by atoms with E-state index in [0.717, 1.165) is 32.2 Å². The summed E-state index contributed by atoms with van der Waals surface area (Å²) in [6.45, 7) is 6.99. The average Bonchev–Trinajstić information content (AvgIpc) is 3.20. The van der Waals surface area contributed by atoms with Gasteiger partial charge in [0.15, 0.2) is 5.16 Å². The van der Waals surface area contributed by atoms with Crippen molar-refractivity contribution < 1.29 is 0 Å². The Hall–Kier alpha value is -2.96. The smallest absolute Gasteiger partial charge is 0.272 e. The minimum atomic E-state index is 0.00298. The van der Waals surface area contributed by atoms with Gasteiger partial charge in [-0.3, -0.25) is 9.36 Å². The molecule has 0 aliphatic carbocycles. The molecule has 166 valence electrons. The number of pyridine rings is 1. The molecule has 6 heteroatoms. The number of hydrogen-bond acceptors (Lipinski definition) is 5. The summed E-state index contributed by atoms with van der Waals surface area (Å²) in [4.78, 5) is 24.0. The van der Waals surface area contributed by atoms with Crippen molar-refractivity contribution in [2.75, 3.05) is 0 Å². The van der Waals surface area contributed by atoms with Gasteiger partial charge in [0.05, 0.1) is 12.1 Å². The highest BCUT2D eigenvalue weighted by molar-refractivity contribution is 7.98. The Labute approximate surface area is 201 Å². The van der Waals surface area contributed by atoms with Crippen LogP contribution in [-0.4, -0.2) is 14.5 Å². The molecule has 0 saturated carbocycles. The third-order valence-electron chi connectivity index (χ3n) is 5.92. The summed E-state index contributed by atoms with van der Waals surface area (Å²) in [5, 5.41) is 1.69. The topological polar surface area (TPSA) is 47.8 Å². The van der Waals surface area contributed by atoms with Crippen LogP contribution in [0.5, 0.6) is 0 Å². The molecule has 5 rings (SSSR count). The molecule has 3 aromatic heterocycles. The van der Waals surface area contributed by atoms with Crippen LogP contribution in [0, 0.1) is 6.92 Å². The molecule has 0 atom stereocenters. The minimum absolute atomic E-state index is 0.00298. The van der Waals surface area contributed by atoms with Crippen LogP contribution < -0.4 is 5.56 Å². The van der Waals surface area contributed by atoms with Gasteiger partial charge in [0.25, 0.3) is 5.56 Å². The Bertz CT molecular complexity index is 1500. The van der Waals surface area contributed by atoms with Crippen molar-refractivity contribution in [1.29, 1.82) is 0 Å². The lowest BCUT2D eigenvalue weighted by Gasteiger charge is -2.14. The van der Waals surface area contributed by atoms with E-state index in [1.54, 1.807) is 18.0 Å². The summed E-state index contributed by atoms with van der Waals surface area (Å²) >= 11 is 3.05. The number of thiophene rings is 1. The highest BCUT2D eigenvalue weighted by Crippen LogP contribution is 2.31. The van der Waals surface area contributed by atoms with Gasteiger partial charge >= 0.3 is 0 Å². The van der Waals surface area contributed by atoms with E-state index >= 15 is 0 Å². The summed E-state index contributed by atoms with van der Waals surface area (Å²) < 4.78 is 2.49. The number of rotatable bonds is 6.